The summed E-state index contributed by atoms with van der Waals surface area (Å²) < 4.78 is 36.0. The van der Waals surface area contributed by atoms with Gasteiger partial charge in [0.1, 0.15) is 16.4 Å². The molecule has 0 aliphatic rings. The Morgan fingerprint density at radius 2 is 1.89 bits per heavy atom. The van der Waals surface area contributed by atoms with Gasteiger partial charge in [0.05, 0.1) is 18.9 Å². The number of nitrogens with one attached hydrogen (secondary N) is 2. The van der Waals surface area contributed by atoms with E-state index in [0.29, 0.717) is 16.9 Å². The number of aryl methyl sites for hydroxylation is 1. The highest BCUT2D eigenvalue weighted by Gasteiger charge is 2.22. The number of ether oxygens (including phenoxy) is 1. The molecule has 1 heterocycles. The van der Waals surface area contributed by atoms with E-state index >= 15 is 0 Å². The van der Waals surface area contributed by atoms with E-state index in [1.165, 1.54) is 51.7 Å². The minimum absolute atomic E-state index is 0.0220. The average Bonchev–Trinajstić information content (AvgIpc) is 3.10. The smallest absolute Gasteiger partial charge is 0.273 e. The first-order chi connectivity index (χ1) is 13.2. The molecule has 0 unspecified atom stereocenters. The second kappa shape index (κ2) is 8.72. The summed E-state index contributed by atoms with van der Waals surface area (Å²) in [5, 5.41) is 0. The van der Waals surface area contributed by atoms with Crippen LogP contribution in [0.1, 0.15) is 21.7 Å². The Labute approximate surface area is 163 Å². The molecule has 10 heteroatoms. The van der Waals surface area contributed by atoms with E-state index in [1.54, 1.807) is 13.0 Å². The van der Waals surface area contributed by atoms with E-state index in [9.17, 15) is 18.0 Å². The second-order valence-electron chi connectivity index (χ2n) is 5.86. The third-order valence-electron chi connectivity index (χ3n) is 3.78. The predicted molar refractivity (Wildman–Crippen MR) is 102 cm³/mol. The second-order valence-corrected chi connectivity index (χ2v) is 7.99. The number of sulfonamides is 1. The van der Waals surface area contributed by atoms with Crippen LogP contribution in [-0.2, 0) is 14.8 Å². The van der Waals surface area contributed by atoms with Crippen molar-refractivity contribution < 1.29 is 27.2 Å². The number of hydrogen-bond acceptors (Lipinski definition) is 6. The quantitative estimate of drug-likeness (QED) is 0.551. The summed E-state index contributed by atoms with van der Waals surface area (Å²) in [5.74, 6) is -0.493. The van der Waals surface area contributed by atoms with Crippen LogP contribution < -0.4 is 15.6 Å². The van der Waals surface area contributed by atoms with Crippen LogP contribution in [0.3, 0.4) is 0 Å². The van der Waals surface area contributed by atoms with Crippen LogP contribution in [0.2, 0.25) is 0 Å². The molecule has 2 N–H and O–H groups in total. The summed E-state index contributed by atoms with van der Waals surface area (Å²) in [4.78, 5) is 23.8. The van der Waals surface area contributed by atoms with Gasteiger partial charge in [-0.1, -0.05) is 6.07 Å². The number of hydrazine groups is 1. The maximum atomic E-state index is 12.4. The largest absolute Gasteiger partial charge is 0.495 e. The summed E-state index contributed by atoms with van der Waals surface area (Å²) in [6.45, 7) is 1.62. The van der Waals surface area contributed by atoms with E-state index in [1.807, 2.05) is 0 Å². The van der Waals surface area contributed by atoms with Crippen LogP contribution in [-0.4, -0.2) is 45.7 Å². The van der Waals surface area contributed by atoms with Gasteiger partial charge < -0.3 is 9.15 Å². The molecule has 0 spiro atoms. The molecular weight excluding hydrogens is 386 g/mol. The highest BCUT2D eigenvalue weighted by Crippen LogP contribution is 2.27. The van der Waals surface area contributed by atoms with Gasteiger partial charge in [-0.25, -0.2) is 12.7 Å². The van der Waals surface area contributed by atoms with Crippen molar-refractivity contribution >= 4 is 27.9 Å². The minimum Gasteiger partial charge on any atom is -0.495 e. The van der Waals surface area contributed by atoms with Gasteiger partial charge >= 0.3 is 0 Å². The van der Waals surface area contributed by atoms with Crippen molar-refractivity contribution in [2.75, 3.05) is 21.2 Å². The third-order valence-corrected chi connectivity index (χ3v) is 5.61. The van der Waals surface area contributed by atoms with Gasteiger partial charge in [0, 0.05) is 20.2 Å². The molecule has 0 fully saturated rings. The Bertz CT molecular complexity index is 1010. The van der Waals surface area contributed by atoms with E-state index < -0.39 is 21.8 Å². The maximum absolute atomic E-state index is 12.4. The van der Waals surface area contributed by atoms with Crippen LogP contribution in [0.15, 0.2) is 45.9 Å². The van der Waals surface area contributed by atoms with Gasteiger partial charge in [0.25, 0.3) is 11.8 Å². The predicted octanol–water partition coefficient (Wildman–Crippen LogP) is 1.32. The fourth-order valence-corrected chi connectivity index (χ4v) is 3.30. The normalized spacial score (nSPS) is 11.6. The molecule has 2 amide bonds. The van der Waals surface area contributed by atoms with Gasteiger partial charge in [-0.05, 0) is 36.8 Å². The SMILES string of the molecule is COc1ccc(/C=C/C(=O)NNC(=O)c2ccoc2C)cc1S(=O)(=O)N(C)C. The lowest BCUT2D eigenvalue weighted by Crippen LogP contribution is -2.40. The zero-order valence-electron chi connectivity index (χ0n) is 15.8. The van der Waals surface area contributed by atoms with Crippen molar-refractivity contribution in [2.45, 2.75) is 11.8 Å². The molecule has 2 aromatic rings. The molecule has 0 saturated carbocycles. The molecule has 1 aromatic carbocycles. The minimum atomic E-state index is -3.72. The Morgan fingerprint density at radius 3 is 2.46 bits per heavy atom. The van der Waals surface area contributed by atoms with Gasteiger partial charge in [-0.3, -0.25) is 20.4 Å². The molecule has 28 heavy (non-hydrogen) atoms. The van der Waals surface area contributed by atoms with Gasteiger partial charge in [-0.2, -0.15) is 0 Å². The molecule has 0 aliphatic heterocycles. The zero-order chi connectivity index (χ0) is 20.9. The first kappa shape index (κ1) is 21.2. The molecule has 1 aromatic heterocycles. The third kappa shape index (κ3) is 4.78. The topological polar surface area (TPSA) is 118 Å². The van der Waals surface area contributed by atoms with Gasteiger partial charge in [0.15, 0.2) is 0 Å². The molecule has 2 rings (SSSR count). The molecule has 0 bridgehead atoms. The molecule has 0 aliphatic carbocycles. The Morgan fingerprint density at radius 1 is 1.18 bits per heavy atom. The van der Waals surface area contributed by atoms with Crippen LogP contribution in [0.5, 0.6) is 5.75 Å². The highest BCUT2D eigenvalue weighted by molar-refractivity contribution is 7.89. The number of carbonyl (C=O) groups excluding carboxylic acids is 2. The molecule has 0 saturated heterocycles. The van der Waals surface area contributed by atoms with Crippen LogP contribution in [0.25, 0.3) is 6.08 Å². The van der Waals surface area contributed by atoms with E-state index in [2.05, 4.69) is 10.9 Å². The molecule has 150 valence electrons. The summed E-state index contributed by atoms with van der Waals surface area (Å²) >= 11 is 0. The average molecular weight is 407 g/mol. The van der Waals surface area contributed by atoms with Crippen molar-refractivity contribution in [1.82, 2.24) is 15.2 Å². The first-order valence-electron chi connectivity index (χ1n) is 8.10. The Kier molecular flexibility index (Phi) is 6.60. The summed E-state index contributed by atoms with van der Waals surface area (Å²) in [6.07, 6.45) is 3.95. The van der Waals surface area contributed by atoms with E-state index in [-0.39, 0.29) is 10.6 Å². The van der Waals surface area contributed by atoms with Crippen molar-refractivity contribution in [2.24, 2.45) is 0 Å². The standard InChI is InChI=1S/C18H21N3O6S/c1-12-14(9-10-27-12)18(23)20-19-17(22)8-6-13-5-7-15(26-4)16(11-13)28(24,25)21(2)3/h5-11H,1-4H3,(H,19,22)(H,20,23)/b8-6+. The number of hydrogen-bond donors (Lipinski definition) is 2. The van der Waals surface area contributed by atoms with Crippen LogP contribution in [0, 0.1) is 6.92 Å². The monoisotopic (exact) mass is 407 g/mol. The number of benzene rings is 1. The number of methoxy groups -OCH3 is 1. The summed E-state index contributed by atoms with van der Waals surface area (Å²) in [5.41, 5.74) is 5.26. The highest BCUT2D eigenvalue weighted by atomic mass is 32.2. The molecular formula is C18H21N3O6S. The number of carbonyl (C=O) groups is 2. The number of furan rings is 1. The fourth-order valence-electron chi connectivity index (χ4n) is 2.22. The zero-order valence-corrected chi connectivity index (χ0v) is 16.7. The number of amides is 2. The lowest BCUT2D eigenvalue weighted by Gasteiger charge is -2.15. The summed E-state index contributed by atoms with van der Waals surface area (Å²) in [7, 11) is 0.473. The summed E-state index contributed by atoms with van der Waals surface area (Å²) in [6, 6.07) is 5.98. The van der Waals surface area contributed by atoms with Crippen LogP contribution in [0.4, 0.5) is 0 Å². The Balaban J connectivity index is 2.10. The van der Waals surface area contributed by atoms with Crippen molar-refractivity contribution in [1.29, 1.82) is 0 Å². The fraction of sp³-hybridized carbons (Fsp3) is 0.222. The van der Waals surface area contributed by atoms with Crippen molar-refractivity contribution in [3.63, 3.8) is 0 Å². The lowest BCUT2D eigenvalue weighted by molar-refractivity contribution is -0.117. The van der Waals surface area contributed by atoms with E-state index in [0.717, 1.165) is 10.4 Å². The van der Waals surface area contributed by atoms with Gasteiger partial charge in [-0.15, -0.1) is 0 Å². The van der Waals surface area contributed by atoms with Crippen molar-refractivity contribution in [3.8, 4) is 5.75 Å². The lowest BCUT2D eigenvalue weighted by atomic mass is 10.2. The molecule has 0 radical (unpaired) electrons. The van der Waals surface area contributed by atoms with E-state index in [4.69, 9.17) is 9.15 Å². The van der Waals surface area contributed by atoms with Crippen molar-refractivity contribution in [3.05, 3.63) is 53.5 Å². The van der Waals surface area contributed by atoms with Crippen LogP contribution >= 0.6 is 0 Å². The molecule has 9 nitrogen and oxygen atoms in total. The first-order valence-corrected chi connectivity index (χ1v) is 9.54. The molecule has 0 atom stereocenters. The Hall–Kier alpha value is -3.11. The number of rotatable bonds is 6. The number of nitrogens with zero attached hydrogens (tertiary/aromatic N) is 1. The van der Waals surface area contributed by atoms with Gasteiger partial charge in [0.2, 0.25) is 10.0 Å². The maximum Gasteiger partial charge on any atom is 0.273 e.